The van der Waals surface area contributed by atoms with Gasteiger partial charge in [0.2, 0.25) is 0 Å². The number of nitrogens with one attached hydrogen (secondary N) is 1. The van der Waals surface area contributed by atoms with Crippen molar-refractivity contribution in [1.29, 1.82) is 0 Å². The predicted octanol–water partition coefficient (Wildman–Crippen LogP) is 2.04. The number of hydrogen-bond acceptors (Lipinski definition) is 6. The normalized spacial score (nSPS) is 16.3. The summed E-state index contributed by atoms with van der Waals surface area (Å²) in [6.45, 7) is 4.72. The molecular weight excluding hydrogens is 410 g/mol. The molecule has 0 bridgehead atoms. The summed E-state index contributed by atoms with van der Waals surface area (Å²) < 4.78 is 12.7. The van der Waals surface area contributed by atoms with Crippen LogP contribution in [0.25, 0.3) is 10.9 Å². The third-order valence-electron chi connectivity index (χ3n) is 5.44. The van der Waals surface area contributed by atoms with Crippen LogP contribution in [0.4, 0.5) is 0 Å². The first kappa shape index (κ1) is 21.9. The maximum Gasteiger partial charge on any atom is 0.274 e. The molecule has 1 aliphatic rings. The van der Waals surface area contributed by atoms with E-state index in [0.29, 0.717) is 61.9 Å². The average molecular weight is 438 g/mol. The Bertz CT molecular complexity index is 1110. The molecule has 1 fully saturated rings. The minimum absolute atomic E-state index is 0.135. The smallest absolute Gasteiger partial charge is 0.274 e. The molecule has 0 saturated carbocycles. The summed E-state index contributed by atoms with van der Waals surface area (Å²) in [5.41, 5.74) is 2.26. The Morgan fingerprint density at radius 2 is 2.12 bits per heavy atom. The number of pyridine rings is 1. The van der Waals surface area contributed by atoms with E-state index >= 15 is 0 Å². The van der Waals surface area contributed by atoms with E-state index in [-0.39, 0.29) is 11.8 Å². The van der Waals surface area contributed by atoms with Crippen LogP contribution in [0.15, 0.2) is 42.6 Å². The number of ether oxygens (including phenoxy) is 2. The Balaban J connectivity index is 1.59. The van der Waals surface area contributed by atoms with Crippen molar-refractivity contribution in [2.75, 3.05) is 40.0 Å². The van der Waals surface area contributed by atoms with Crippen molar-refractivity contribution in [1.82, 2.24) is 25.0 Å². The number of aryl methyl sites for hydroxylation is 1. The van der Waals surface area contributed by atoms with E-state index in [1.165, 1.54) is 0 Å². The van der Waals surface area contributed by atoms with Gasteiger partial charge in [0.15, 0.2) is 0 Å². The van der Waals surface area contributed by atoms with Crippen molar-refractivity contribution >= 4 is 22.7 Å². The lowest BCUT2D eigenvalue weighted by Crippen LogP contribution is -2.42. The molecule has 1 aliphatic heterocycles. The van der Waals surface area contributed by atoms with Crippen molar-refractivity contribution in [3.63, 3.8) is 0 Å². The predicted molar refractivity (Wildman–Crippen MR) is 118 cm³/mol. The monoisotopic (exact) mass is 437 g/mol. The number of fused-ring (bicyclic) bond motifs is 1. The highest BCUT2D eigenvalue weighted by Crippen LogP contribution is 2.26. The van der Waals surface area contributed by atoms with E-state index in [0.717, 1.165) is 5.39 Å². The largest absolute Gasteiger partial charge is 0.383 e. The fourth-order valence-electron chi connectivity index (χ4n) is 3.74. The minimum Gasteiger partial charge on any atom is -0.383 e. The SMILES string of the molecule is CCn1ccc(C(=O)N2CCO[C@@H](c3cc(C(=O)NCCOC)c4ccccc4n3)C2)n1. The van der Waals surface area contributed by atoms with Gasteiger partial charge in [-0.15, -0.1) is 0 Å². The van der Waals surface area contributed by atoms with Crippen LogP contribution in [0.2, 0.25) is 0 Å². The van der Waals surface area contributed by atoms with Gasteiger partial charge in [0.05, 0.1) is 36.5 Å². The van der Waals surface area contributed by atoms with Gasteiger partial charge in [0.25, 0.3) is 11.8 Å². The van der Waals surface area contributed by atoms with Crippen molar-refractivity contribution in [3.05, 3.63) is 59.5 Å². The lowest BCUT2D eigenvalue weighted by atomic mass is 10.0. The third kappa shape index (κ3) is 4.63. The van der Waals surface area contributed by atoms with Gasteiger partial charge < -0.3 is 19.7 Å². The van der Waals surface area contributed by atoms with Crippen LogP contribution < -0.4 is 5.32 Å². The zero-order chi connectivity index (χ0) is 22.5. The first-order valence-electron chi connectivity index (χ1n) is 10.7. The second-order valence-electron chi connectivity index (χ2n) is 7.53. The van der Waals surface area contributed by atoms with Crippen LogP contribution in [0, 0.1) is 0 Å². The second kappa shape index (κ2) is 9.88. The molecule has 32 heavy (non-hydrogen) atoms. The average Bonchev–Trinajstić information content (AvgIpc) is 3.32. The van der Waals surface area contributed by atoms with E-state index in [9.17, 15) is 9.59 Å². The van der Waals surface area contributed by atoms with E-state index in [2.05, 4.69) is 10.4 Å². The number of amides is 2. The minimum atomic E-state index is -0.434. The fourth-order valence-corrected chi connectivity index (χ4v) is 3.74. The number of para-hydroxylation sites is 1. The molecule has 4 rings (SSSR count). The lowest BCUT2D eigenvalue weighted by Gasteiger charge is -2.32. The molecule has 1 N–H and O–H groups in total. The van der Waals surface area contributed by atoms with E-state index in [4.69, 9.17) is 14.5 Å². The summed E-state index contributed by atoms with van der Waals surface area (Å²) in [7, 11) is 1.59. The van der Waals surface area contributed by atoms with Crippen molar-refractivity contribution in [2.24, 2.45) is 0 Å². The van der Waals surface area contributed by atoms with Crippen LogP contribution >= 0.6 is 0 Å². The third-order valence-corrected chi connectivity index (χ3v) is 5.44. The number of benzene rings is 1. The molecule has 9 nitrogen and oxygen atoms in total. The first-order valence-corrected chi connectivity index (χ1v) is 10.7. The van der Waals surface area contributed by atoms with Gasteiger partial charge >= 0.3 is 0 Å². The van der Waals surface area contributed by atoms with Crippen LogP contribution in [0.3, 0.4) is 0 Å². The Morgan fingerprint density at radius 3 is 2.91 bits per heavy atom. The Kier molecular flexibility index (Phi) is 6.77. The molecule has 1 saturated heterocycles. The number of nitrogens with zero attached hydrogens (tertiary/aromatic N) is 4. The zero-order valence-corrected chi connectivity index (χ0v) is 18.3. The van der Waals surface area contributed by atoms with Gasteiger partial charge in [-0.3, -0.25) is 14.3 Å². The second-order valence-corrected chi connectivity index (χ2v) is 7.53. The highest BCUT2D eigenvalue weighted by atomic mass is 16.5. The van der Waals surface area contributed by atoms with Gasteiger partial charge in [-0.25, -0.2) is 4.98 Å². The molecule has 3 heterocycles. The van der Waals surface area contributed by atoms with E-state index in [1.54, 1.807) is 35.0 Å². The number of methoxy groups -OCH3 is 1. The first-order chi connectivity index (χ1) is 15.6. The molecular formula is C23H27N5O4. The molecule has 1 aromatic carbocycles. The van der Waals surface area contributed by atoms with Gasteiger partial charge in [-0.2, -0.15) is 5.10 Å². The fraction of sp³-hybridized carbons (Fsp3) is 0.391. The molecule has 0 unspecified atom stereocenters. The highest BCUT2D eigenvalue weighted by Gasteiger charge is 2.29. The Morgan fingerprint density at radius 1 is 1.28 bits per heavy atom. The quantitative estimate of drug-likeness (QED) is 0.568. The van der Waals surface area contributed by atoms with Crippen molar-refractivity contribution in [3.8, 4) is 0 Å². The summed E-state index contributed by atoms with van der Waals surface area (Å²) in [5, 5.41) is 7.96. The molecule has 9 heteroatoms. The summed E-state index contributed by atoms with van der Waals surface area (Å²) in [6.07, 6.45) is 1.36. The Labute approximate surface area is 186 Å². The van der Waals surface area contributed by atoms with E-state index in [1.807, 2.05) is 31.2 Å². The maximum absolute atomic E-state index is 12.9. The molecule has 2 aromatic heterocycles. The lowest BCUT2D eigenvalue weighted by molar-refractivity contribution is -0.0248. The van der Waals surface area contributed by atoms with Gasteiger partial charge in [-0.05, 0) is 25.1 Å². The molecule has 168 valence electrons. The standard InChI is InChI=1S/C23H27N5O4/c1-3-28-10-8-19(26-28)23(30)27-11-13-32-21(15-27)20-14-17(22(29)24-9-12-31-2)16-6-4-5-7-18(16)25-20/h4-8,10,14,21H,3,9,11-13,15H2,1-2H3,(H,24,29)/t21-/m1/s1. The van der Waals surface area contributed by atoms with Crippen LogP contribution in [0.1, 0.15) is 39.6 Å². The van der Waals surface area contributed by atoms with Gasteiger partial charge in [0, 0.05) is 38.3 Å². The van der Waals surface area contributed by atoms with Crippen LogP contribution in [-0.4, -0.2) is 71.4 Å². The summed E-state index contributed by atoms with van der Waals surface area (Å²) in [6, 6.07) is 11.0. The van der Waals surface area contributed by atoms with Crippen molar-refractivity contribution < 1.29 is 19.1 Å². The maximum atomic E-state index is 12.9. The summed E-state index contributed by atoms with van der Waals surface area (Å²) >= 11 is 0. The van der Waals surface area contributed by atoms with Gasteiger partial charge in [0.1, 0.15) is 11.8 Å². The number of carbonyl (C=O) groups excluding carboxylic acids is 2. The summed E-state index contributed by atoms with van der Waals surface area (Å²) in [4.78, 5) is 32.2. The number of aromatic nitrogens is 3. The molecule has 0 aliphatic carbocycles. The molecule has 3 aromatic rings. The van der Waals surface area contributed by atoms with Crippen molar-refractivity contribution in [2.45, 2.75) is 19.6 Å². The topological polar surface area (TPSA) is 98.6 Å². The summed E-state index contributed by atoms with van der Waals surface area (Å²) in [5.74, 6) is -0.334. The number of hydrogen-bond donors (Lipinski definition) is 1. The van der Waals surface area contributed by atoms with E-state index < -0.39 is 6.10 Å². The number of morpholine rings is 1. The number of carbonyl (C=O) groups is 2. The molecule has 0 spiro atoms. The van der Waals surface area contributed by atoms with Crippen LogP contribution in [-0.2, 0) is 16.0 Å². The van der Waals surface area contributed by atoms with Gasteiger partial charge in [-0.1, -0.05) is 18.2 Å². The molecule has 2 amide bonds. The van der Waals surface area contributed by atoms with Crippen LogP contribution in [0.5, 0.6) is 0 Å². The highest BCUT2D eigenvalue weighted by molar-refractivity contribution is 6.06. The number of rotatable bonds is 7. The molecule has 1 atom stereocenters. The zero-order valence-electron chi connectivity index (χ0n) is 18.3. The Hall–Kier alpha value is -3.30. The molecule has 0 radical (unpaired) electrons.